The molecule has 12 aromatic rings. The van der Waals surface area contributed by atoms with Gasteiger partial charge in [0.2, 0.25) is 0 Å². The Morgan fingerprint density at radius 3 is 1.11 bits per heavy atom. The number of hydrogen-bond acceptors (Lipinski definition) is 12. The minimum Gasteiger partial charge on any atom is -0.260 e. The van der Waals surface area contributed by atoms with Gasteiger partial charge in [0.25, 0.3) is 0 Å². The number of rotatable bonds is 0. The van der Waals surface area contributed by atoms with Crippen molar-refractivity contribution < 1.29 is 0 Å². The van der Waals surface area contributed by atoms with E-state index in [9.17, 15) is 0 Å². The first kappa shape index (κ1) is 68.3. The fraction of sp³-hybridized carbons (Fsp3) is 0.318. The summed E-state index contributed by atoms with van der Waals surface area (Å²) in [6.07, 6.45) is 13.0. The fourth-order valence-corrected chi connectivity index (χ4v) is 15.0. The third-order valence-electron chi connectivity index (χ3n) is 21.8. The molecule has 0 unspecified atom stereocenters. The van der Waals surface area contributed by atoms with Gasteiger partial charge in [-0.25, -0.2) is 0 Å². The van der Waals surface area contributed by atoms with Crippen LogP contribution in [0.3, 0.4) is 0 Å². The van der Waals surface area contributed by atoms with Gasteiger partial charge in [-0.2, -0.15) is 0 Å². The standard InChI is InChI=1S/4C15H16N2.2C14H14N2/c1-8-5-12-13(17-11(8)4)6-14-15(12)10(3)9(2)7-16-14;1-8-5-12-13(16-7-8)6-14-15(12)10(3)9(2)11(4)17-14;1-8-5-6-16-12-7-13-15(14(8)12)10(3)9(2)11(4)17-13;1-8-5-6-12-13(16-8)7-14-15(12)10(3)9(2)11(4)17-14;1-8-4-11-12-5-9(2)10(3)16-14(12)6-13(11)15-7-8;1-8-6-12-11-5-4-9(2)15-13(11)7-14(12)16-10(8)3/h2*5,7H,6H2,1-4H3;2*5-6H,7H2,1-4H3;4-5,7H,6H2,1-3H3;4-6H,7H2,1-3H3. The Labute approximate surface area is 591 Å². The first-order chi connectivity index (χ1) is 47.6. The Kier molecular flexibility index (Phi) is 18.3. The molecule has 12 heteroatoms. The minimum absolute atomic E-state index is 0.881. The average molecular weight is 1320 g/mol. The summed E-state index contributed by atoms with van der Waals surface area (Å²) in [5, 5.41) is 0. The summed E-state index contributed by atoms with van der Waals surface area (Å²) in [6.45, 7) is 46.6. The topological polar surface area (TPSA) is 155 Å². The lowest BCUT2D eigenvalue weighted by Crippen LogP contribution is -1.98. The van der Waals surface area contributed by atoms with Gasteiger partial charge in [-0.05, 0) is 279 Å². The summed E-state index contributed by atoms with van der Waals surface area (Å²) < 4.78 is 0. The highest BCUT2D eigenvalue weighted by molar-refractivity contribution is 5.83. The second-order valence-electron chi connectivity index (χ2n) is 28.8. The average Bonchev–Trinajstić information content (AvgIpc) is 1.63. The molecule has 0 fully saturated rings. The normalized spacial score (nSPS) is 12.5. The summed E-state index contributed by atoms with van der Waals surface area (Å²) in [5.41, 5.74) is 56.8. The van der Waals surface area contributed by atoms with E-state index in [4.69, 9.17) is 19.9 Å². The van der Waals surface area contributed by atoms with Crippen LogP contribution in [0.2, 0.25) is 0 Å². The molecule has 12 heterocycles. The molecule has 504 valence electrons. The minimum atomic E-state index is 0.881. The summed E-state index contributed by atoms with van der Waals surface area (Å²) in [7, 11) is 0. The van der Waals surface area contributed by atoms with Crippen molar-refractivity contribution in [3.05, 3.63) is 277 Å². The predicted molar refractivity (Wildman–Crippen MR) is 406 cm³/mol. The van der Waals surface area contributed by atoms with E-state index in [0.29, 0.717) is 0 Å². The molecule has 0 spiro atoms. The Balaban J connectivity index is 0.000000108. The van der Waals surface area contributed by atoms with Crippen LogP contribution in [0.1, 0.15) is 192 Å². The van der Waals surface area contributed by atoms with Crippen molar-refractivity contribution in [3.8, 4) is 66.8 Å². The van der Waals surface area contributed by atoms with Crippen LogP contribution in [-0.4, -0.2) is 59.8 Å². The molecule has 0 bridgehead atoms. The van der Waals surface area contributed by atoms with Gasteiger partial charge in [0, 0.05) is 176 Å². The van der Waals surface area contributed by atoms with Crippen molar-refractivity contribution in [3.63, 3.8) is 0 Å². The predicted octanol–water partition coefficient (Wildman–Crippen LogP) is 19.1. The molecule has 0 N–H and O–H groups in total. The molecule has 12 aromatic heterocycles. The Bertz CT molecular complexity index is 5400. The van der Waals surface area contributed by atoms with Crippen LogP contribution >= 0.6 is 0 Å². The maximum atomic E-state index is 4.73. The van der Waals surface area contributed by atoms with Crippen LogP contribution in [0.5, 0.6) is 0 Å². The van der Waals surface area contributed by atoms with E-state index < -0.39 is 0 Å². The maximum absolute atomic E-state index is 4.73. The highest BCUT2D eigenvalue weighted by atomic mass is 14.8. The van der Waals surface area contributed by atoms with E-state index in [0.717, 1.165) is 89.8 Å². The Morgan fingerprint density at radius 2 is 0.550 bits per heavy atom. The van der Waals surface area contributed by atoms with Crippen molar-refractivity contribution in [1.82, 2.24) is 59.8 Å². The smallest absolute Gasteiger partial charge is 0.0548 e. The van der Waals surface area contributed by atoms with Crippen LogP contribution in [0.15, 0.2) is 85.5 Å². The van der Waals surface area contributed by atoms with Crippen LogP contribution in [-0.2, 0) is 38.5 Å². The van der Waals surface area contributed by atoms with Gasteiger partial charge in [-0.3, -0.25) is 59.8 Å². The van der Waals surface area contributed by atoms with Crippen LogP contribution in [0, 0.1) is 152 Å². The molecule has 100 heavy (non-hydrogen) atoms. The van der Waals surface area contributed by atoms with Crippen molar-refractivity contribution in [2.75, 3.05) is 0 Å². The molecule has 0 aromatic carbocycles. The van der Waals surface area contributed by atoms with Gasteiger partial charge in [-0.1, -0.05) is 12.1 Å². The third kappa shape index (κ3) is 12.6. The van der Waals surface area contributed by atoms with Crippen molar-refractivity contribution in [2.45, 2.75) is 191 Å². The molecule has 0 atom stereocenters. The summed E-state index contributed by atoms with van der Waals surface area (Å²) >= 11 is 0. The van der Waals surface area contributed by atoms with Gasteiger partial charge < -0.3 is 0 Å². The molecule has 0 saturated carbocycles. The van der Waals surface area contributed by atoms with Crippen LogP contribution in [0.25, 0.3) is 66.8 Å². The number of aryl methyl sites for hydroxylation is 15. The van der Waals surface area contributed by atoms with Gasteiger partial charge in [0.05, 0.1) is 68.3 Å². The van der Waals surface area contributed by atoms with Crippen LogP contribution in [0.4, 0.5) is 0 Å². The van der Waals surface area contributed by atoms with Gasteiger partial charge in [-0.15, -0.1) is 0 Å². The zero-order chi connectivity index (χ0) is 71.2. The SMILES string of the molecule is Cc1cc2c(nc1C)Cc1ncc(C)c(C)c1-2.Cc1ccc2c(n1)Cc1nc(C)c(C)c(C)c1-2.Cc1ccc2c(n1)Cc1nc(C)c(C)cc1-2.Cc1ccnc2c1-c1c(nc(C)c(C)c1C)C2.Cc1cnc2c(c1)-c1c(nc(C)c(C)c1C)C2.Cc1cnc2c(c1)-c1cc(C)c(C)nc1C2. The summed E-state index contributed by atoms with van der Waals surface area (Å²) in [6, 6.07) is 21.8. The molecule has 18 rings (SSSR count). The van der Waals surface area contributed by atoms with Crippen molar-refractivity contribution in [1.29, 1.82) is 0 Å². The van der Waals surface area contributed by atoms with Crippen molar-refractivity contribution >= 4 is 0 Å². The fourth-order valence-electron chi connectivity index (χ4n) is 15.0. The van der Waals surface area contributed by atoms with Gasteiger partial charge in [0.1, 0.15) is 0 Å². The number of nitrogens with zero attached hydrogens (tertiary/aromatic N) is 12. The zero-order valence-corrected chi connectivity index (χ0v) is 62.7. The zero-order valence-electron chi connectivity index (χ0n) is 62.7. The first-order valence-corrected chi connectivity index (χ1v) is 35.2. The van der Waals surface area contributed by atoms with E-state index in [1.54, 1.807) is 0 Å². The molecule has 0 aliphatic heterocycles. The van der Waals surface area contributed by atoms with Crippen LogP contribution < -0.4 is 0 Å². The molecule has 12 nitrogen and oxygen atoms in total. The monoisotopic (exact) mass is 1320 g/mol. The molecular formula is C88H92N12. The lowest BCUT2D eigenvalue weighted by atomic mass is 9.97. The molecular weight excluding hydrogens is 1230 g/mol. The van der Waals surface area contributed by atoms with E-state index in [2.05, 4.69) is 239 Å². The quantitative estimate of drug-likeness (QED) is 0.142. The van der Waals surface area contributed by atoms with Crippen molar-refractivity contribution in [2.24, 2.45) is 0 Å². The summed E-state index contributed by atoms with van der Waals surface area (Å²) in [4.78, 5) is 55.5. The molecule has 0 saturated heterocycles. The lowest BCUT2D eigenvalue weighted by molar-refractivity contribution is 1.00. The van der Waals surface area contributed by atoms with Gasteiger partial charge in [0.15, 0.2) is 0 Å². The Hall–Kier alpha value is -10.2. The highest BCUT2D eigenvalue weighted by Crippen LogP contribution is 2.44. The largest absolute Gasteiger partial charge is 0.260 e. The first-order valence-electron chi connectivity index (χ1n) is 35.2. The number of fused-ring (bicyclic) bond motifs is 18. The molecule has 0 radical (unpaired) electrons. The molecule has 6 aliphatic rings. The summed E-state index contributed by atoms with van der Waals surface area (Å²) in [5.74, 6) is 0. The van der Waals surface area contributed by atoms with E-state index in [-0.39, 0.29) is 0 Å². The van der Waals surface area contributed by atoms with Gasteiger partial charge >= 0.3 is 0 Å². The Morgan fingerprint density at radius 1 is 0.210 bits per heavy atom. The number of aromatic nitrogens is 12. The number of hydrogen-bond donors (Lipinski definition) is 0. The van der Waals surface area contributed by atoms with E-state index in [1.165, 1.54) is 207 Å². The second-order valence-corrected chi connectivity index (χ2v) is 28.8. The lowest BCUT2D eigenvalue weighted by Gasteiger charge is -2.12. The number of pyridine rings is 12. The molecule has 0 amide bonds. The van der Waals surface area contributed by atoms with E-state index >= 15 is 0 Å². The second kappa shape index (κ2) is 26.8. The maximum Gasteiger partial charge on any atom is 0.0548 e. The highest BCUT2D eigenvalue weighted by Gasteiger charge is 2.30. The third-order valence-corrected chi connectivity index (χ3v) is 21.8. The molecule has 6 aliphatic carbocycles. The van der Waals surface area contributed by atoms with E-state index in [1.807, 2.05) is 38.6 Å².